The Morgan fingerprint density at radius 2 is 1.14 bits per heavy atom. The van der Waals surface area contributed by atoms with E-state index in [9.17, 15) is 36.3 Å². The number of amides is 2. The molecule has 0 aromatic carbocycles. The van der Waals surface area contributed by atoms with Gasteiger partial charge in [0, 0.05) is 0 Å². The van der Waals surface area contributed by atoms with Gasteiger partial charge < -0.3 is 15.4 Å². The van der Waals surface area contributed by atoms with Crippen LogP contribution in [-0.2, 0) is 19.1 Å². The molecule has 0 rings (SSSR count). The zero-order chi connectivity index (χ0) is 27.9. The number of hydrogen-bond acceptors (Lipinski definition) is 4. The second-order valence-electron chi connectivity index (χ2n) is 9.85. The third kappa shape index (κ3) is 12.3. The van der Waals surface area contributed by atoms with E-state index >= 15 is 0 Å². The van der Waals surface area contributed by atoms with Crippen molar-refractivity contribution in [1.29, 1.82) is 0 Å². The van der Waals surface area contributed by atoms with Gasteiger partial charge in [-0.15, -0.1) is 0 Å². The van der Waals surface area contributed by atoms with Gasteiger partial charge in [-0.3, -0.25) is 9.59 Å². The smallest absolute Gasteiger partial charge is 0.463 e. The summed E-state index contributed by atoms with van der Waals surface area (Å²) in [6.07, 6.45) is 4.96. The van der Waals surface area contributed by atoms with E-state index in [-0.39, 0.29) is 6.61 Å². The number of halogens is 5. The molecule has 0 aliphatic carbocycles. The zero-order valence-corrected chi connectivity index (χ0v) is 22.1. The largest absolute Gasteiger partial charge is 0.464 e. The van der Waals surface area contributed by atoms with Crippen molar-refractivity contribution in [1.82, 2.24) is 10.6 Å². The molecule has 2 N–H and O–H groups in total. The molecule has 0 radical (unpaired) electrons. The highest BCUT2D eigenvalue weighted by atomic mass is 19.4. The van der Waals surface area contributed by atoms with Gasteiger partial charge in [-0.1, -0.05) is 92.4 Å². The second-order valence-corrected chi connectivity index (χ2v) is 9.85. The van der Waals surface area contributed by atoms with Crippen LogP contribution in [0, 0.1) is 11.8 Å². The molecule has 2 amide bonds. The first-order chi connectivity index (χ1) is 16.7. The lowest BCUT2D eigenvalue weighted by atomic mass is 10.00. The third-order valence-corrected chi connectivity index (χ3v) is 5.84. The minimum Gasteiger partial charge on any atom is -0.464 e. The third-order valence-electron chi connectivity index (χ3n) is 5.84. The number of unbranched alkanes of at least 4 members (excludes halogenated alkanes) is 9. The van der Waals surface area contributed by atoms with Crippen molar-refractivity contribution < 1.29 is 41.1 Å². The highest BCUT2D eigenvalue weighted by Gasteiger charge is 2.63. The Kier molecular flexibility index (Phi) is 15.8. The van der Waals surface area contributed by atoms with Crippen molar-refractivity contribution in [2.75, 3.05) is 6.61 Å². The molecular formula is C25H43F5N2O4. The molecule has 0 saturated carbocycles. The van der Waals surface area contributed by atoms with Crippen LogP contribution in [-0.4, -0.2) is 48.6 Å². The molecule has 6 nitrogen and oxygen atoms in total. The molecular weight excluding hydrogens is 487 g/mol. The lowest BCUT2D eigenvalue weighted by Crippen LogP contribution is -2.59. The van der Waals surface area contributed by atoms with Crippen molar-refractivity contribution >= 4 is 17.8 Å². The first-order valence-electron chi connectivity index (χ1n) is 12.9. The van der Waals surface area contributed by atoms with Gasteiger partial charge in [0.25, 0.3) is 0 Å². The summed E-state index contributed by atoms with van der Waals surface area (Å²) in [4.78, 5) is 36.7. The predicted molar refractivity (Wildman–Crippen MR) is 127 cm³/mol. The van der Waals surface area contributed by atoms with Crippen LogP contribution in [0.4, 0.5) is 22.0 Å². The van der Waals surface area contributed by atoms with Crippen molar-refractivity contribution in [3.63, 3.8) is 0 Å². The average molecular weight is 531 g/mol. The summed E-state index contributed by atoms with van der Waals surface area (Å²) in [7, 11) is 0. The van der Waals surface area contributed by atoms with Crippen LogP contribution in [0.25, 0.3) is 0 Å². The van der Waals surface area contributed by atoms with Crippen LogP contribution < -0.4 is 10.6 Å². The summed E-state index contributed by atoms with van der Waals surface area (Å²) in [6.45, 7) is 8.30. The van der Waals surface area contributed by atoms with Gasteiger partial charge in [0.1, 0.15) is 12.1 Å². The maximum absolute atomic E-state index is 13.3. The number of carbonyl (C=O) groups excluding carboxylic acids is 3. The topological polar surface area (TPSA) is 84.5 Å². The number of esters is 1. The number of rotatable bonds is 18. The Morgan fingerprint density at radius 1 is 0.694 bits per heavy atom. The molecule has 0 heterocycles. The average Bonchev–Trinajstić information content (AvgIpc) is 2.77. The van der Waals surface area contributed by atoms with Gasteiger partial charge >= 0.3 is 24.0 Å². The van der Waals surface area contributed by atoms with Gasteiger partial charge in [0.2, 0.25) is 5.91 Å². The Bertz CT molecular complexity index is 669. The van der Waals surface area contributed by atoms with E-state index in [0.29, 0.717) is 6.42 Å². The van der Waals surface area contributed by atoms with Crippen molar-refractivity contribution in [3.05, 3.63) is 0 Å². The molecule has 0 aromatic heterocycles. The molecule has 0 bridgehead atoms. The zero-order valence-electron chi connectivity index (χ0n) is 22.1. The summed E-state index contributed by atoms with van der Waals surface area (Å²) < 4.78 is 69.3. The Hall–Kier alpha value is -1.94. The van der Waals surface area contributed by atoms with Crippen LogP contribution in [0.5, 0.6) is 0 Å². The Morgan fingerprint density at radius 3 is 1.56 bits per heavy atom. The quantitative estimate of drug-likeness (QED) is 0.131. The lowest BCUT2D eigenvalue weighted by molar-refractivity contribution is -0.270. The molecule has 0 saturated heterocycles. The van der Waals surface area contributed by atoms with E-state index in [1.165, 1.54) is 57.7 Å². The highest BCUT2D eigenvalue weighted by Crippen LogP contribution is 2.35. The minimum absolute atomic E-state index is 0.149. The normalized spacial score (nSPS) is 14.0. The van der Waals surface area contributed by atoms with Crippen molar-refractivity contribution in [3.8, 4) is 0 Å². The Balaban J connectivity index is 4.68. The summed E-state index contributed by atoms with van der Waals surface area (Å²) >= 11 is 0. The standard InChI is InChI=1S/C25H43F5N2O4/c1-6-7-8-9-10-11-12-13-14-15-16-36-22(34)20(18(4)5)31-21(33)19(17(2)3)32-23(35)24(26,27)25(28,29)30/h17-20H,6-16H2,1-5H3,(H,31,33)(H,32,35). The number of ether oxygens (including phenoxy) is 1. The first kappa shape index (κ1) is 34.1. The molecule has 0 fully saturated rings. The van der Waals surface area contributed by atoms with E-state index < -0.39 is 53.8 Å². The van der Waals surface area contributed by atoms with Crippen LogP contribution in [0.15, 0.2) is 0 Å². The summed E-state index contributed by atoms with van der Waals surface area (Å²) in [5.74, 6) is -11.3. The molecule has 0 aromatic rings. The van der Waals surface area contributed by atoms with Gasteiger partial charge in [0.15, 0.2) is 0 Å². The maximum atomic E-state index is 13.3. The van der Waals surface area contributed by atoms with Gasteiger partial charge in [0.05, 0.1) is 6.61 Å². The molecule has 0 aliphatic rings. The SMILES string of the molecule is CCCCCCCCCCCCOC(=O)C(NC(=O)C(NC(=O)C(F)(F)C(F)(F)F)C(C)C)C(C)C. The van der Waals surface area contributed by atoms with Crippen LogP contribution in [0.1, 0.15) is 98.8 Å². The summed E-state index contributed by atoms with van der Waals surface area (Å²) in [5, 5.41) is 3.79. The van der Waals surface area contributed by atoms with Crippen molar-refractivity contribution in [2.45, 2.75) is 123 Å². The molecule has 0 spiro atoms. The molecule has 2 atom stereocenters. The van der Waals surface area contributed by atoms with E-state index in [0.717, 1.165) is 19.3 Å². The Labute approximate surface area is 211 Å². The molecule has 11 heteroatoms. The molecule has 2 unspecified atom stereocenters. The molecule has 0 aliphatic heterocycles. The van der Waals surface area contributed by atoms with E-state index in [1.807, 2.05) is 0 Å². The van der Waals surface area contributed by atoms with Gasteiger partial charge in [-0.25, -0.2) is 4.79 Å². The predicted octanol–water partition coefficient (Wildman–Crippen LogP) is 5.93. The number of hydrogen-bond donors (Lipinski definition) is 2. The lowest BCUT2D eigenvalue weighted by Gasteiger charge is -2.28. The fraction of sp³-hybridized carbons (Fsp3) is 0.880. The maximum Gasteiger partial charge on any atom is 0.463 e. The van der Waals surface area contributed by atoms with Crippen LogP contribution in [0.2, 0.25) is 0 Å². The van der Waals surface area contributed by atoms with Crippen LogP contribution >= 0.6 is 0 Å². The highest BCUT2D eigenvalue weighted by molar-refractivity contribution is 5.93. The van der Waals surface area contributed by atoms with E-state index in [2.05, 4.69) is 12.2 Å². The number of nitrogens with one attached hydrogen (secondary N) is 2. The summed E-state index contributed by atoms with van der Waals surface area (Å²) in [5.41, 5.74) is 0. The number of carbonyl (C=O) groups is 3. The van der Waals surface area contributed by atoms with E-state index in [4.69, 9.17) is 4.74 Å². The second kappa shape index (κ2) is 16.7. The fourth-order valence-corrected chi connectivity index (χ4v) is 3.49. The van der Waals surface area contributed by atoms with E-state index in [1.54, 1.807) is 13.8 Å². The minimum atomic E-state index is -6.10. The monoisotopic (exact) mass is 530 g/mol. The molecule has 212 valence electrons. The first-order valence-corrected chi connectivity index (χ1v) is 12.9. The van der Waals surface area contributed by atoms with Crippen LogP contribution in [0.3, 0.4) is 0 Å². The fourth-order valence-electron chi connectivity index (χ4n) is 3.49. The summed E-state index contributed by atoms with van der Waals surface area (Å²) in [6, 6.07) is -2.86. The van der Waals surface area contributed by atoms with Gasteiger partial charge in [-0.2, -0.15) is 22.0 Å². The number of alkyl halides is 5. The van der Waals surface area contributed by atoms with Gasteiger partial charge in [-0.05, 0) is 18.3 Å². The molecule has 36 heavy (non-hydrogen) atoms. The van der Waals surface area contributed by atoms with Crippen molar-refractivity contribution in [2.24, 2.45) is 11.8 Å².